The maximum Gasteiger partial charge on any atom is 0.101 e. The minimum absolute atomic E-state index is 0.145. The van der Waals surface area contributed by atoms with Crippen molar-refractivity contribution in [1.29, 1.82) is 0 Å². The average molecular weight is 147 g/mol. The molecule has 1 aromatic rings. The summed E-state index contributed by atoms with van der Waals surface area (Å²) in [5, 5.41) is 10.1. The Balaban J connectivity index is 2.79. The lowest BCUT2D eigenvalue weighted by Crippen LogP contribution is -1.75. The zero-order chi connectivity index (χ0) is 8.10. The topological polar surface area (TPSA) is 19.9 Å². The molecular weight excluding hydrogens is 136 g/mol. The molecule has 0 aliphatic heterocycles. The Morgan fingerprint density at radius 1 is 1.45 bits per heavy atom. The molecule has 0 aliphatic rings. The van der Waals surface area contributed by atoms with E-state index in [1.54, 1.807) is 6.08 Å². The Kier molecular flexibility index (Phi) is 2.87. The second kappa shape index (κ2) is 3.94. The van der Waals surface area contributed by atoms with E-state index in [0.717, 1.165) is 5.56 Å². The highest BCUT2D eigenvalue weighted by atomic mass is 16.2. The monoisotopic (exact) mass is 147 g/mol. The Morgan fingerprint density at radius 3 is 2.91 bits per heavy atom. The first-order valence-electron chi connectivity index (χ1n) is 3.64. The summed E-state index contributed by atoms with van der Waals surface area (Å²) in [6.45, 7) is 1.89. The molecule has 0 aliphatic carbocycles. The van der Waals surface area contributed by atoms with Crippen LogP contribution in [0.2, 0.25) is 0 Å². The van der Waals surface area contributed by atoms with Gasteiger partial charge in [-0.05, 0) is 12.5 Å². The first kappa shape index (κ1) is 8.02. The summed E-state index contributed by atoms with van der Waals surface area (Å²) in [6.07, 6.45) is 3.47. The van der Waals surface area contributed by atoms with Crippen LogP contribution in [0.15, 0.2) is 30.3 Å². The van der Waals surface area contributed by atoms with Gasteiger partial charge in [0, 0.05) is 0 Å². The summed E-state index contributed by atoms with van der Waals surface area (Å²) in [5.41, 5.74) is 2.32. The molecule has 0 atom stereocenters. The molecule has 1 rings (SSSR count). The van der Waals surface area contributed by atoms with Gasteiger partial charge in [0.1, 0.15) is 6.61 Å². The Bertz CT molecular complexity index is 251. The molecule has 11 heavy (non-hydrogen) atoms. The van der Waals surface area contributed by atoms with Crippen molar-refractivity contribution < 1.29 is 5.11 Å². The molecule has 0 aromatic heterocycles. The van der Waals surface area contributed by atoms with Crippen LogP contribution >= 0.6 is 0 Å². The van der Waals surface area contributed by atoms with Crippen molar-refractivity contribution in [3.8, 4) is 0 Å². The lowest BCUT2D eigenvalue weighted by molar-refractivity contribution is 0.233. The summed E-state index contributed by atoms with van der Waals surface area (Å²) in [7, 11) is 0. The van der Waals surface area contributed by atoms with Crippen LogP contribution in [0.1, 0.15) is 11.1 Å². The third kappa shape index (κ3) is 2.56. The molecule has 0 bridgehead atoms. The summed E-state index contributed by atoms with van der Waals surface area (Å²) in [4.78, 5) is 0. The fourth-order valence-electron chi connectivity index (χ4n) is 0.958. The van der Waals surface area contributed by atoms with E-state index < -0.39 is 0 Å². The van der Waals surface area contributed by atoms with Crippen molar-refractivity contribution >= 4 is 6.08 Å². The molecule has 0 saturated heterocycles. The molecule has 0 N–H and O–H groups in total. The van der Waals surface area contributed by atoms with Gasteiger partial charge in [0.2, 0.25) is 0 Å². The van der Waals surface area contributed by atoms with E-state index in [0.29, 0.717) is 0 Å². The van der Waals surface area contributed by atoms with Gasteiger partial charge >= 0.3 is 0 Å². The maximum atomic E-state index is 10.1. The van der Waals surface area contributed by atoms with Crippen LogP contribution in [0, 0.1) is 6.92 Å². The van der Waals surface area contributed by atoms with Gasteiger partial charge in [-0.15, -0.1) is 0 Å². The summed E-state index contributed by atoms with van der Waals surface area (Å²) >= 11 is 0. The van der Waals surface area contributed by atoms with Gasteiger partial charge in [0.25, 0.3) is 0 Å². The minimum Gasteiger partial charge on any atom is -0.232 e. The Labute approximate surface area is 67.0 Å². The van der Waals surface area contributed by atoms with Crippen molar-refractivity contribution in [3.63, 3.8) is 0 Å². The predicted octanol–water partition coefficient (Wildman–Crippen LogP) is 2.44. The maximum absolute atomic E-state index is 10.1. The van der Waals surface area contributed by atoms with E-state index in [1.165, 1.54) is 5.56 Å². The van der Waals surface area contributed by atoms with Gasteiger partial charge in [-0.3, -0.25) is 0 Å². The molecule has 0 unspecified atom stereocenters. The molecule has 1 aromatic carbocycles. The van der Waals surface area contributed by atoms with Crippen LogP contribution in [-0.4, -0.2) is 6.61 Å². The van der Waals surface area contributed by atoms with Crippen LogP contribution in [0.5, 0.6) is 0 Å². The molecule has 57 valence electrons. The normalized spacial score (nSPS) is 10.7. The fourth-order valence-corrected chi connectivity index (χ4v) is 0.958. The first-order valence-corrected chi connectivity index (χ1v) is 3.64. The van der Waals surface area contributed by atoms with Crippen LogP contribution in [0.3, 0.4) is 0 Å². The van der Waals surface area contributed by atoms with Crippen molar-refractivity contribution in [1.82, 2.24) is 0 Å². The summed E-state index contributed by atoms with van der Waals surface area (Å²) in [6, 6.07) is 8.06. The molecular formula is C10H11O. The molecule has 0 heterocycles. The number of hydrogen-bond donors (Lipinski definition) is 0. The van der Waals surface area contributed by atoms with E-state index in [1.807, 2.05) is 37.3 Å². The average Bonchev–Trinajstić information content (AvgIpc) is 2.01. The number of benzene rings is 1. The number of rotatable bonds is 2. The highest BCUT2D eigenvalue weighted by molar-refractivity contribution is 5.50. The summed E-state index contributed by atoms with van der Waals surface area (Å²) < 4.78 is 0. The molecule has 0 spiro atoms. The molecule has 1 nitrogen and oxygen atoms in total. The van der Waals surface area contributed by atoms with Gasteiger partial charge < -0.3 is 0 Å². The Morgan fingerprint density at radius 2 is 2.27 bits per heavy atom. The minimum atomic E-state index is -0.145. The molecule has 0 amide bonds. The zero-order valence-corrected chi connectivity index (χ0v) is 6.58. The quantitative estimate of drug-likeness (QED) is 0.612. The SMILES string of the molecule is Cc1cccc(C=CC[O])c1. The summed E-state index contributed by atoms with van der Waals surface area (Å²) in [5.74, 6) is 0. The highest BCUT2D eigenvalue weighted by Gasteiger charge is 1.85. The first-order chi connectivity index (χ1) is 5.33. The van der Waals surface area contributed by atoms with Gasteiger partial charge in [-0.2, -0.15) is 0 Å². The van der Waals surface area contributed by atoms with Crippen molar-refractivity contribution in [2.75, 3.05) is 6.61 Å². The number of aryl methyl sites for hydroxylation is 1. The third-order valence-electron chi connectivity index (χ3n) is 1.45. The third-order valence-corrected chi connectivity index (χ3v) is 1.45. The van der Waals surface area contributed by atoms with Crippen molar-refractivity contribution in [2.45, 2.75) is 6.92 Å². The Hall–Kier alpha value is -1.08. The second-order valence-corrected chi connectivity index (χ2v) is 2.48. The van der Waals surface area contributed by atoms with Crippen molar-refractivity contribution in [2.24, 2.45) is 0 Å². The van der Waals surface area contributed by atoms with Crippen LogP contribution in [0.25, 0.3) is 6.08 Å². The largest absolute Gasteiger partial charge is 0.232 e. The molecule has 1 heteroatoms. The van der Waals surface area contributed by atoms with Crippen molar-refractivity contribution in [3.05, 3.63) is 41.5 Å². The molecule has 0 fully saturated rings. The van der Waals surface area contributed by atoms with Gasteiger partial charge in [-0.25, -0.2) is 5.11 Å². The van der Waals surface area contributed by atoms with Gasteiger partial charge in [0.05, 0.1) is 0 Å². The van der Waals surface area contributed by atoms with E-state index in [-0.39, 0.29) is 6.61 Å². The lowest BCUT2D eigenvalue weighted by atomic mass is 10.1. The van der Waals surface area contributed by atoms with E-state index in [2.05, 4.69) is 0 Å². The van der Waals surface area contributed by atoms with Crippen LogP contribution in [0.4, 0.5) is 0 Å². The fraction of sp³-hybridized carbons (Fsp3) is 0.200. The zero-order valence-electron chi connectivity index (χ0n) is 6.58. The van der Waals surface area contributed by atoms with Crippen LogP contribution < -0.4 is 0 Å². The second-order valence-electron chi connectivity index (χ2n) is 2.48. The van der Waals surface area contributed by atoms with E-state index in [4.69, 9.17) is 0 Å². The molecule has 1 radical (unpaired) electrons. The standard InChI is InChI=1S/C10H11O/c1-9-4-2-5-10(8-9)6-3-7-11/h2-6,8H,7H2,1H3. The number of hydrogen-bond acceptors (Lipinski definition) is 0. The lowest BCUT2D eigenvalue weighted by Gasteiger charge is -1.93. The predicted molar refractivity (Wildman–Crippen MR) is 45.8 cm³/mol. The van der Waals surface area contributed by atoms with Gasteiger partial charge in [0.15, 0.2) is 0 Å². The highest BCUT2D eigenvalue weighted by Crippen LogP contribution is 2.04. The van der Waals surface area contributed by atoms with Gasteiger partial charge in [-0.1, -0.05) is 42.0 Å². The molecule has 0 saturated carbocycles. The van der Waals surface area contributed by atoms with E-state index >= 15 is 0 Å². The van der Waals surface area contributed by atoms with E-state index in [9.17, 15) is 5.11 Å². The smallest absolute Gasteiger partial charge is 0.101 e. The van der Waals surface area contributed by atoms with Crippen LogP contribution in [-0.2, 0) is 5.11 Å².